The number of benzene rings is 2. The number of nitriles is 1. The van der Waals surface area contributed by atoms with Gasteiger partial charge in [-0.2, -0.15) is 10.4 Å². The molecular weight excluding hydrogens is 391 g/mol. The van der Waals surface area contributed by atoms with E-state index in [0.29, 0.717) is 10.7 Å². The average Bonchev–Trinajstić information content (AvgIpc) is 2.63. The summed E-state index contributed by atoms with van der Waals surface area (Å²) < 4.78 is 4.71. The van der Waals surface area contributed by atoms with Gasteiger partial charge in [-0.15, -0.1) is 0 Å². The van der Waals surface area contributed by atoms with Crippen molar-refractivity contribution in [3.8, 4) is 6.07 Å². The van der Waals surface area contributed by atoms with Gasteiger partial charge in [-0.25, -0.2) is 4.79 Å². The second-order valence-electron chi connectivity index (χ2n) is 5.06. The minimum absolute atomic E-state index is 0.111. The van der Waals surface area contributed by atoms with Crippen molar-refractivity contribution in [3.63, 3.8) is 0 Å². The second kappa shape index (κ2) is 9.57. The van der Waals surface area contributed by atoms with Crippen LogP contribution in [0.2, 0.25) is 10.0 Å². The van der Waals surface area contributed by atoms with Gasteiger partial charge in [0.25, 0.3) is 5.91 Å². The van der Waals surface area contributed by atoms with Gasteiger partial charge in [0.1, 0.15) is 6.07 Å². The smallest absolute Gasteiger partial charge is 0.369 e. The molecule has 0 spiro atoms. The fraction of sp³-hybridized carbons (Fsp3) is 0.111. The number of hydrazone groups is 1. The lowest BCUT2D eigenvalue weighted by Gasteiger charge is -2.09. The first-order valence-corrected chi connectivity index (χ1v) is 8.47. The Bertz CT molecular complexity index is 938. The molecule has 0 aliphatic rings. The average molecular weight is 405 g/mol. The molecule has 0 fully saturated rings. The molecule has 0 heterocycles. The molecule has 0 atom stereocenters. The Balaban J connectivity index is 2.19. The molecule has 27 heavy (non-hydrogen) atoms. The fourth-order valence-corrected chi connectivity index (χ4v) is 2.30. The predicted octanol–water partition coefficient (Wildman–Crippen LogP) is 4.10. The first kappa shape index (κ1) is 20.2. The molecule has 0 radical (unpaired) electrons. The monoisotopic (exact) mass is 404 g/mol. The number of ether oxygens (including phenoxy) is 1. The van der Waals surface area contributed by atoms with Crippen LogP contribution in [-0.2, 0) is 9.53 Å². The minimum atomic E-state index is -0.863. The summed E-state index contributed by atoms with van der Waals surface area (Å²) in [6, 6.07) is 12.8. The summed E-state index contributed by atoms with van der Waals surface area (Å²) in [4.78, 5) is 24.0. The zero-order chi connectivity index (χ0) is 19.8. The maximum atomic E-state index is 12.4. The number of halogens is 2. The van der Waals surface area contributed by atoms with E-state index < -0.39 is 17.6 Å². The highest BCUT2D eigenvalue weighted by atomic mass is 35.5. The van der Waals surface area contributed by atoms with Gasteiger partial charge in [0.15, 0.2) is 0 Å². The van der Waals surface area contributed by atoms with Crippen LogP contribution >= 0.6 is 23.2 Å². The molecule has 138 valence electrons. The highest BCUT2D eigenvalue weighted by molar-refractivity contribution is 6.43. The lowest BCUT2D eigenvalue weighted by molar-refractivity contribution is -0.134. The molecular formula is C18H14Cl2N4O3. The van der Waals surface area contributed by atoms with E-state index in [9.17, 15) is 9.59 Å². The van der Waals surface area contributed by atoms with E-state index in [1.54, 1.807) is 37.3 Å². The van der Waals surface area contributed by atoms with Crippen LogP contribution in [0.4, 0.5) is 11.4 Å². The van der Waals surface area contributed by atoms with Crippen molar-refractivity contribution in [2.45, 2.75) is 6.92 Å². The number of hydrogen-bond donors (Lipinski definition) is 2. The molecule has 7 nitrogen and oxygen atoms in total. The fourth-order valence-electron chi connectivity index (χ4n) is 1.95. The molecule has 0 unspecified atom stereocenters. The van der Waals surface area contributed by atoms with Crippen molar-refractivity contribution < 1.29 is 14.3 Å². The van der Waals surface area contributed by atoms with E-state index >= 15 is 0 Å². The third-order valence-corrected chi connectivity index (χ3v) is 3.74. The van der Waals surface area contributed by atoms with Gasteiger partial charge in [0.2, 0.25) is 5.71 Å². The van der Waals surface area contributed by atoms with Crippen LogP contribution in [0.15, 0.2) is 47.6 Å². The number of esters is 1. The predicted molar refractivity (Wildman–Crippen MR) is 104 cm³/mol. The van der Waals surface area contributed by atoms with Crippen molar-refractivity contribution >= 4 is 52.2 Å². The number of amides is 1. The van der Waals surface area contributed by atoms with Crippen LogP contribution in [0.25, 0.3) is 0 Å². The highest BCUT2D eigenvalue weighted by Gasteiger charge is 2.13. The topological polar surface area (TPSA) is 104 Å². The SMILES string of the molecule is CCOC(=O)C(C#N)=NNc1cc(C(=O)Nc2cccc(Cl)c2)ccc1Cl. The summed E-state index contributed by atoms with van der Waals surface area (Å²) in [5, 5.41) is 16.1. The molecule has 2 aromatic carbocycles. The van der Waals surface area contributed by atoms with E-state index in [-0.39, 0.29) is 22.9 Å². The standard InChI is InChI=1S/C18H14Cl2N4O3/c1-2-27-18(26)16(10-21)24-23-15-8-11(6-7-14(15)20)17(25)22-13-5-3-4-12(19)9-13/h3-9,23H,2H2,1H3,(H,22,25). The summed E-state index contributed by atoms with van der Waals surface area (Å²) in [6.07, 6.45) is 0. The molecule has 0 bridgehead atoms. The maximum Gasteiger partial charge on any atom is 0.369 e. The van der Waals surface area contributed by atoms with Gasteiger partial charge in [-0.1, -0.05) is 29.3 Å². The Kier molecular flexibility index (Phi) is 7.17. The Morgan fingerprint density at radius 1 is 1.22 bits per heavy atom. The van der Waals surface area contributed by atoms with E-state index in [4.69, 9.17) is 33.2 Å². The second-order valence-corrected chi connectivity index (χ2v) is 5.91. The number of hydrogen-bond acceptors (Lipinski definition) is 6. The Labute approximate surface area is 165 Å². The van der Waals surface area contributed by atoms with Gasteiger partial charge in [-0.05, 0) is 43.3 Å². The van der Waals surface area contributed by atoms with Crippen molar-refractivity contribution in [1.82, 2.24) is 0 Å². The summed E-state index contributed by atoms with van der Waals surface area (Å²) >= 11 is 12.0. The summed E-state index contributed by atoms with van der Waals surface area (Å²) in [7, 11) is 0. The van der Waals surface area contributed by atoms with Crippen LogP contribution in [0.1, 0.15) is 17.3 Å². The number of rotatable bonds is 6. The Morgan fingerprint density at radius 3 is 2.67 bits per heavy atom. The molecule has 2 N–H and O–H groups in total. The number of carbonyl (C=O) groups is 2. The Hall–Kier alpha value is -3.08. The van der Waals surface area contributed by atoms with Gasteiger partial charge in [-0.3, -0.25) is 10.2 Å². The number of carbonyl (C=O) groups excluding carboxylic acids is 2. The van der Waals surface area contributed by atoms with E-state index in [1.165, 1.54) is 18.2 Å². The molecule has 2 rings (SSSR count). The van der Waals surface area contributed by atoms with Gasteiger partial charge in [0, 0.05) is 16.3 Å². The van der Waals surface area contributed by atoms with Crippen LogP contribution in [0.5, 0.6) is 0 Å². The summed E-state index contributed by atoms with van der Waals surface area (Å²) in [6.45, 7) is 1.72. The normalized spacial score (nSPS) is 10.7. The first-order chi connectivity index (χ1) is 12.9. The molecule has 0 aliphatic carbocycles. The summed E-state index contributed by atoms with van der Waals surface area (Å²) in [5.41, 5.74) is 3.09. The lowest BCUT2D eigenvalue weighted by atomic mass is 10.2. The van der Waals surface area contributed by atoms with Crippen LogP contribution in [0.3, 0.4) is 0 Å². The molecule has 0 saturated carbocycles. The largest absolute Gasteiger partial charge is 0.461 e. The van der Waals surface area contributed by atoms with E-state index in [1.807, 2.05) is 0 Å². The van der Waals surface area contributed by atoms with Gasteiger partial charge < -0.3 is 10.1 Å². The highest BCUT2D eigenvalue weighted by Crippen LogP contribution is 2.24. The third-order valence-electron chi connectivity index (χ3n) is 3.17. The molecule has 2 aromatic rings. The van der Waals surface area contributed by atoms with Gasteiger partial charge >= 0.3 is 5.97 Å². The van der Waals surface area contributed by atoms with Crippen LogP contribution in [-0.4, -0.2) is 24.2 Å². The van der Waals surface area contributed by atoms with Crippen LogP contribution in [0, 0.1) is 11.3 Å². The number of anilines is 2. The molecule has 0 aliphatic heterocycles. The van der Waals surface area contributed by atoms with Crippen molar-refractivity contribution in [3.05, 3.63) is 58.1 Å². The third kappa shape index (κ3) is 5.71. The molecule has 0 saturated heterocycles. The maximum absolute atomic E-state index is 12.4. The van der Waals surface area contributed by atoms with Crippen LogP contribution < -0.4 is 10.7 Å². The molecule has 1 amide bonds. The van der Waals surface area contributed by atoms with Crippen molar-refractivity contribution in [2.24, 2.45) is 5.10 Å². The quantitative estimate of drug-likeness (QED) is 0.428. The zero-order valence-electron chi connectivity index (χ0n) is 14.1. The number of nitrogens with one attached hydrogen (secondary N) is 2. The minimum Gasteiger partial charge on any atom is -0.461 e. The van der Waals surface area contributed by atoms with Crippen molar-refractivity contribution in [2.75, 3.05) is 17.3 Å². The zero-order valence-corrected chi connectivity index (χ0v) is 15.6. The Morgan fingerprint density at radius 2 is 2.00 bits per heavy atom. The molecule has 9 heteroatoms. The molecule has 0 aromatic heterocycles. The lowest BCUT2D eigenvalue weighted by Crippen LogP contribution is -2.17. The van der Waals surface area contributed by atoms with E-state index in [2.05, 4.69) is 15.8 Å². The van der Waals surface area contributed by atoms with Crippen molar-refractivity contribution in [1.29, 1.82) is 5.26 Å². The number of nitrogens with zero attached hydrogens (tertiary/aromatic N) is 2. The summed E-state index contributed by atoms with van der Waals surface area (Å²) in [5.74, 6) is -1.26. The first-order valence-electron chi connectivity index (χ1n) is 7.72. The van der Waals surface area contributed by atoms with Gasteiger partial charge in [0.05, 0.1) is 17.3 Å². The van der Waals surface area contributed by atoms with E-state index in [0.717, 1.165) is 0 Å².